The van der Waals surface area contributed by atoms with Crippen LogP contribution in [0.3, 0.4) is 0 Å². The Morgan fingerprint density at radius 2 is 1.64 bits per heavy atom. The van der Waals surface area contributed by atoms with Crippen LogP contribution in [0, 0.1) is 52.3 Å². The highest BCUT2D eigenvalue weighted by Crippen LogP contribution is 2.69. The monoisotopic (exact) mass is 392 g/mol. The van der Waals surface area contributed by atoms with E-state index in [0.29, 0.717) is 29.6 Å². The second-order valence-electron chi connectivity index (χ2n) is 11.5. The summed E-state index contributed by atoms with van der Waals surface area (Å²) in [5.74, 6) is 2.02. The second kappa shape index (κ2) is 6.97. The zero-order valence-corrected chi connectivity index (χ0v) is 18.1. The van der Waals surface area contributed by atoms with E-state index in [0.717, 1.165) is 38.5 Å². The summed E-state index contributed by atoms with van der Waals surface area (Å²) in [5, 5.41) is 31.1. The summed E-state index contributed by atoms with van der Waals surface area (Å²) >= 11 is 0. The van der Waals surface area contributed by atoms with Gasteiger partial charge in [-0.2, -0.15) is 0 Å². The summed E-state index contributed by atoms with van der Waals surface area (Å²) in [6.07, 6.45) is 7.17. The lowest BCUT2D eigenvalue weighted by molar-refractivity contribution is -0.199. The van der Waals surface area contributed by atoms with Gasteiger partial charge in [-0.05, 0) is 97.2 Å². The van der Waals surface area contributed by atoms with Crippen molar-refractivity contribution in [2.45, 2.75) is 91.3 Å². The molecule has 0 aliphatic heterocycles. The van der Waals surface area contributed by atoms with Crippen LogP contribution in [-0.4, -0.2) is 33.5 Å². The molecule has 11 atom stereocenters. The Kier molecular flexibility index (Phi) is 5.14. The van der Waals surface area contributed by atoms with Crippen LogP contribution in [0.5, 0.6) is 0 Å². The molecular formula is C24H40O4. The van der Waals surface area contributed by atoms with Crippen molar-refractivity contribution in [2.24, 2.45) is 52.3 Å². The Morgan fingerprint density at radius 3 is 2.32 bits per heavy atom. The van der Waals surface area contributed by atoms with Gasteiger partial charge in [0.1, 0.15) is 0 Å². The van der Waals surface area contributed by atoms with Gasteiger partial charge in [-0.3, -0.25) is 4.79 Å². The minimum atomic E-state index is -0.685. The Bertz CT molecular complexity index is 620. The van der Waals surface area contributed by atoms with Crippen molar-refractivity contribution < 1.29 is 20.1 Å². The third-order valence-corrected chi connectivity index (χ3v) is 10.4. The van der Waals surface area contributed by atoms with Gasteiger partial charge in [-0.1, -0.05) is 27.7 Å². The number of fused-ring (bicyclic) bond motifs is 5. The maximum absolute atomic E-state index is 11.5. The van der Waals surface area contributed by atoms with Crippen LogP contribution in [0.2, 0.25) is 0 Å². The van der Waals surface area contributed by atoms with E-state index in [1.54, 1.807) is 0 Å². The lowest BCUT2D eigenvalue weighted by Gasteiger charge is -2.64. The van der Waals surface area contributed by atoms with Crippen LogP contribution in [0.25, 0.3) is 0 Å². The summed E-state index contributed by atoms with van der Waals surface area (Å²) in [6.45, 7) is 9.19. The molecule has 4 nitrogen and oxygen atoms in total. The zero-order valence-electron chi connectivity index (χ0n) is 18.1. The predicted molar refractivity (Wildman–Crippen MR) is 109 cm³/mol. The molecule has 28 heavy (non-hydrogen) atoms. The second-order valence-corrected chi connectivity index (χ2v) is 11.5. The molecule has 4 fully saturated rings. The van der Waals surface area contributed by atoms with E-state index in [4.69, 9.17) is 0 Å². The number of aliphatic hydroxyl groups excluding tert-OH is 2. The molecule has 0 aromatic heterocycles. The average Bonchev–Trinajstić information content (AvgIpc) is 2.97. The Balaban J connectivity index is 1.64. The Labute approximate surface area is 170 Å². The maximum atomic E-state index is 11.5. The smallest absolute Gasteiger partial charge is 0.303 e. The van der Waals surface area contributed by atoms with Crippen molar-refractivity contribution in [3.05, 3.63) is 0 Å². The van der Waals surface area contributed by atoms with Crippen LogP contribution in [0.1, 0.15) is 79.1 Å². The third kappa shape index (κ3) is 2.88. The number of carbonyl (C=O) groups is 1. The van der Waals surface area contributed by atoms with Gasteiger partial charge in [0, 0.05) is 6.42 Å². The first kappa shape index (κ1) is 20.7. The number of hydrogen-bond donors (Lipinski definition) is 3. The summed E-state index contributed by atoms with van der Waals surface area (Å²) in [7, 11) is 0. The molecular weight excluding hydrogens is 352 g/mol. The summed E-state index contributed by atoms with van der Waals surface area (Å²) in [4.78, 5) is 11.3. The van der Waals surface area contributed by atoms with E-state index in [-0.39, 0.29) is 41.3 Å². The van der Waals surface area contributed by atoms with Gasteiger partial charge < -0.3 is 15.3 Å². The van der Waals surface area contributed by atoms with Crippen LogP contribution >= 0.6 is 0 Å². The molecule has 0 radical (unpaired) electrons. The molecule has 0 heterocycles. The lowest BCUT2D eigenvalue weighted by atomic mass is 9.42. The molecule has 160 valence electrons. The van der Waals surface area contributed by atoms with Crippen molar-refractivity contribution in [1.82, 2.24) is 0 Å². The highest BCUT2D eigenvalue weighted by molar-refractivity contribution is 5.67. The fourth-order valence-corrected chi connectivity index (χ4v) is 9.04. The molecule has 4 saturated carbocycles. The van der Waals surface area contributed by atoms with Gasteiger partial charge in [0.05, 0.1) is 12.2 Å². The molecule has 0 saturated heterocycles. The van der Waals surface area contributed by atoms with Gasteiger partial charge in [-0.15, -0.1) is 0 Å². The molecule has 4 aliphatic carbocycles. The number of carboxylic acid groups (broad SMARTS) is 1. The van der Waals surface area contributed by atoms with Crippen LogP contribution in [0.15, 0.2) is 0 Å². The number of hydrogen-bond acceptors (Lipinski definition) is 3. The first-order valence-corrected chi connectivity index (χ1v) is 11.7. The fourth-order valence-electron chi connectivity index (χ4n) is 9.04. The van der Waals surface area contributed by atoms with Crippen molar-refractivity contribution in [3.63, 3.8) is 0 Å². The van der Waals surface area contributed by atoms with Gasteiger partial charge in [0.2, 0.25) is 0 Å². The van der Waals surface area contributed by atoms with Crippen molar-refractivity contribution in [2.75, 3.05) is 0 Å². The molecule has 3 N–H and O–H groups in total. The normalized spacial score (nSPS) is 54.4. The lowest BCUT2D eigenvalue weighted by Crippen LogP contribution is -2.61. The van der Waals surface area contributed by atoms with E-state index in [2.05, 4.69) is 27.7 Å². The van der Waals surface area contributed by atoms with Gasteiger partial charge in [-0.25, -0.2) is 0 Å². The number of aliphatic hydroxyl groups is 2. The molecule has 4 rings (SSSR count). The quantitative estimate of drug-likeness (QED) is 0.668. The van der Waals surface area contributed by atoms with E-state index >= 15 is 0 Å². The predicted octanol–water partition coefficient (Wildman–Crippen LogP) is 4.33. The van der Waals surface area contributed by atoms with Crippen molar-refractivity contribution in [1.29, 1.82) is 0 Å². The van der Waals surface area contributed by atoms with Gasteiger partial charge in [0.15, 0.2) is 0 Å². The minimum absolute atomic E-state index is 0.161. The Morgan fingerprint density at radius 1 is 1.00 bits per heavy atom. The molecule has 0 spiro atoms. The molecule has 0 aromatic carbocycles. The van der Waals surface area contributed by atoms with Crippen LogP contribution in [0.4, 0.5) is 0 Å². The summed E-state index contributed by atoms with van der Waals surface area (Å²) in [6, 6.07) is 0. The Hall–Kier alpha value is -0.610. The molecule has 0 aromatic rings. The molecule has 0 amide bonds. The number of aliphatic carboxylic acids is 1. The molecule has 4 aliphatic rings. The maximum Gasteiger partial charge on any atom is 0.303 e. The van der Waals surface area contributed by atoms with E-state index in [1.165, 1.54) is 6.42 Å². The highest BCUT2D eigenvalue weighted by atomic mass is 16.4. The van der Waals surface area contributed by atoms with Gasteiger partial charge >= 0.3 is 5.97 Å². The van der Waals surface area contributed by atoms with E-state index in [1.807, 2.05) is 0 Å². The van der Waals surface area contributed by atoms with Gasteiger partial charge in [0.25, 0.3) is 0 Å². The zero-order chi connectivity index (χ0) is 20.4. The SMILES string of the molecule is C[C@H]1[C@@H](O)C2C3CC[C@H]([C@H](C)CC(=O)O)[C@@]3(C)CCC2[C@@]2(C)CC[C@@H](O)C[C@@H]12. The largest absolute Gasteiger partial charge is 0.481 e. The molecule has 0 bridgehead atoms. The van der Waals surface area contributed by atoms with Crippen molar-refractivity contribution in [3.8, 4) is 0 Å². The van der Waals surface area contributed by atoms with E-state index < -0.39 is 5.97 Å². The average molecular weight is 393 g/mol. The topological polar surface area (TPSA) is 77.8 Å². The third-order valence-electron chi connectivity index (χ3n) is 10.4. The highest BCUT2D eigenvalue weighted by Gasteiger charge is 2.64. The minimum Gasteiger partial charge on any atom is -0.481 e. The summed E-state index contributed by atoms with van der Waals surface area (Å²) in [5.41, 5.74) is 0.392. The number of carboxylic acids is 1. The standard InChI is InChI=1S/C24H40O4/c1-13(11-20(26)27)16-5-6-17-21-18(8-10-23(16,17)3)24(4)9-7-15(25)12-19(24)14(2)22(21)28/h13-19,21-22,25,28H,5-12H2,1-4H3,(H,26,27)/t13-,14-,15-,16-,17?,18?,19+,21?,22-,23-,24-/m1/s1. The summed E-state index contributed by atoms with van der Waals surface area (Å²) < 4.78 is 0. The van der Waals surface area contributed by atoms with Crippen LogP contribution in [-0.2, 0) is 4.79 Å². The van der Waals surface area contributed by atoms with Crippen molar-refractivity contribution >= 4 is 5.97 Å². The molecule has 3 unspecified atom stereocenters. The first-order chi connectivity index (χ1) is 13.1. The van der Waals surface area contributed by atoms with E-state index in [9.17, 15) is 20.1 Å². The fraction of sp³-hybridized carbons (Fsp3) is 0.958. The number of rotatable bonds is 3. The van der Waals surface area contributed by atoms with Crippen LogP contribution < -0.4 is 0 Å². The first-order valence-electron chi connectivity index (χ1n) is 11.7. The molecule has 4 heteroatoms.